The first-order valence-corrected chi connectivity index (χ1v) is 8.05. The number of benzene rings is 1. The van der Waals surface area contributed by atoms with E-state index in [2.05, 4.69) is 10.3 Å². The summed E-state index contributed by atoms with van der Waals surface area (Å²) in [7, 11) is 1.52. The maximum Gasteiger partial charge on any atom is 0.256 e. The summed E-state index contributed by atoms with van der Waals surface area (Å²) in [5, 5.41) is 4.58. The number of rotatable bonds is 5. The number of amides is 1. The van der Waals surface area contributed by atoms with Crippen LogP contribution < -0.4 is 10.1 Å². The largest absolute Gasteiger partial charge is 0.481 e. The Morgan fingerprint density at radius 2 is 1.83 bits per heavy atom. The van der Waals surface area contributed by atoms with E-state index in [1.165, 1.54) is 24.6 Å². The number of aromatic nitrogens is 1. The van der Waals surface area contributed by atoms with Crippen molar-refractivity contribution in [1.29, 1.82) is 0 Å². The van der Waals surface area contributed by atoms with E-state index < -0.39 is 0 Å². The normalized spacial score (nSPS) is 10.2. The Morgan fingerprint density at radius 1 is 1.04 bits per heavy atom. The molecule has 2 aromatic heterocycles. The van der Waals surface area contributed by atoms with Gasteiger partial charge in [-0.25, -0.2) is 4.98 Å². The maximum absolute atomic E-state index is 12.6. The fraction of sp³-hybridized carbons (Fsp3) is 0.0556. The molecule has 0 atom stereocenters. The molecule has 0 aliphatic rings. The molecule has 5 nitrogen and oxygen atoms in total. The van der Waals surface area contributed by atoms with E-state index in [1.807, 2.05) is 11.4 Å². The Balaban J connectivity index is 1.86. The van der Waals surface area contributed by atoms with Gasteiger partial charge in [-0.1, -0.05) is 24.3 Å². The van der Waals surface area contributed by atoms with Gasteiger partial charge in [-0.3, -0.25) is 9.59 Å². The van der Waals surface area contributed by atoms with E-state index in [4.69, 9.17) is 4.74 Å². The molecule has 3 aromatic rings. The lowest BCUT2D eigenvalue weighted by Crippen LogP contribution is -2.16. The first-order valence-electron chi connectivity index (χ1n) is 7.17. The zero-order valence-corrected chi connectivity index (χ0v) is 13.7. The van der Waals surface area contributed by atoms with Crippen molar-refractivity contribution in [1.82, 2.24) is 4.98 Å². The van der Waals surface area contributed by atoms with Crippen molar-refractivity contribution < 1.29 is 14.3 Å². The van der Waals surface area contributed by atoms with Crippen LogP contribution in [0.25, 0.3) is 0 Å². The number of nitrogens with zero attached hydrogens (tertiary/aromatic N) is 1. The number of ketones is 1. The van der Waals surface area contributed by atoms with Crippen LogP contribution in [0.2, 0.25) is 0 Å². The second-order valence-electron chi connectivity index (χ2n) is 4.90. The van der Waals surface area contributed by atoms with Gasteiger partial charge in [0.25, 0.3) is 5.91 Å². The van der Waals surface area contributed by atoms with E-state index in [9.17, 15) is 9.59 Å². The molecule has 0 saturated carbocycles. The zero-order valence-electron chi connectivity index (χ0n) is 12.9. The molecule has 0 radical (unpaired) electrons. The first kappa shape index (κ1) is 15.9. The Morgan fingerprint density at radius 3 is 2.46 bits per heavy atom. The summed E-state index contributed by atoms with van der Waals surface area (Å²) in [6.45, 7) is 0. The van der Waals surface area contributed by atoms with Crippen LogP contribution in [0.1, 0.15) is 25.6 Å². The third kappa shape index (κ3) is 3.33. The van der Waals surface area contributed by atoms with Crippen LogP contribution in [0.5, 0.6) is 5.88 Å². The standard InChI is InChI=1S/C18H14N2O3S/c1-23-16-9-8-12(11-19-16)20-18(22)14-6-3-2-5-13(14)17(21)15-7-4-10-24-15/h2-11H,1H3,(H,20,22). The quantitative estimate of drug-likeness (QED) is 0.721. The van der Waals surface area contributed by atoms with Crippen LogP contribution in [0.4, 0.5) is 5.69 Å². The lowest BCUT2D eigenvalue weighted by atomic mass is 10.0. The van der Waals surface area contributed by atoms with Crippen molar-refractivity contribution in [2.75, 3.05) is 12.4 Å². The minimum Gasteiger partial charge on any atom is -0.481 e. The Bertz CT molecular complexity index is 858. The molecule has 0 unspecified atom stereocenters. The highest BCUT2D eigenvalue weighted by atomic mass is 32.1. The zero-order chi connectivity index (χ0) is 16.9. The predicted molar refractivity (Wildman–Crippen MR) is 92.9 cm³/mol. The van der Waals surface area contributed by atoms with Gasteiger partial charge in [0, 0.05) is 11.6 Å². The van der Waals surface area contributed by atoms with Gasteiger partial charge in [-0.15, -0.1) is 11.3 Å². The molecular formula is C18H14N2O3S. The van der Waals surface area contributed by atoms with E-state index in [1.54, 1.807) is 42.5 Å². The molecule has 0 aliphatic carbocycles. The molecule has 3 rings (SSSR count). The number of thiophene rings is 1. The second kappa shape index (κ2) is 7.06. The number of methoxy groups -OCH3 is 1. The van der Waals surface area contributed by atoms with E-state index >= 15 is 0 Å². The molecule has 0 saturated heterocycles. The van der Waals surface area contributed by atoms with Gasteiger partial charge in [0.1, 0.15) is 0 Å². The molecule has 120 valence electrons. The molecule has 1 aromatic carbocycles. The lowest BCUT2D eigenvalue weighted by Gasteiger charge is -2.09. The second-order valence-corrected chi connectivity index (χ2v) is 5.84. The van der Waals surface area contributed by atoms with Crippen molar-refractivity contribution in [3.05, 3.63) is 76.1 Å². The summed E-state index contributed by atoms with van der Waals surface area (Å²) in [6.07, 6.45) is 1.50. The summed E-state index contributed by atoms with van der Waals surface area (Å²) >= 11 is 1.35. The highest BCUT2D eigenvalue weighted by Crippen LogP contribution is 2.20. The van der Waals surface area contributed by atoms with Crippen LogP contribution in [-0.4, -0.2) is 23.8 Å². The van der Waals surface area contributed by atoms with Crippen LogP contribution in [0.3, 0.4) is 0 Å². The van der Waals surface area contributed by atoms with Crippen LogP contribution in [0.15, 0.2) is 60.1 Å². The summed E-state index contributed by atoms with van der Waals surface area (Å²) in [5.41, 5.74) is 1.23. The third-order valence-electron chi connectivity index (χ3n) is 3.36. The molecule has 6 heteroatoms. The van der Waals surface area contributed by atoms with Gasteiger partial charge in [0.05, 0.1) is 29.4 Å². The Hall–Kier alpha value is -2.99. The third-order valence-corrected chi connectivity index (χ3v) is 4.23. The number of carbonyl (C=O) groups excluding carboxylic acids is 2. The number of pyridine rings is 1. The molecule has 1 N–H and O–H groups in total. The van der Waals surface area contributed by atoms with Crippen molar-refractivity contribution in [2.24, 2.45) is 0 Å². The lowest BCUT2D eigenvalue weighted by molar-refractivity contribution is 0.0997. The summed E-state index contributed by atoms with van der Waals surface area (Å²) in [6, 6.07) is 13.7. The molecule has 2 heterocycles. The van der Waals surface area contributed by atoms with Crippen LogP contribution in [-0.2, 0) is 0 Å². The van der Waals surface area contributed by atoms with Gasteiger partial charge in [0.15, 0.2) is 0 Å². The number of hydrogen-bond acceptors (Lipinski definition) is 5. The average molecular weight is 338 g/mol. The van der Waals surface area contributed by atoms with Crippen LogP contribution in [0, 0.1) is 0 Å². The molecule has 0 bridgehead atoms. The van der Waals surface area contributed by atoms with Crippen molar-refractivity contribution >= 4 is 28.7 Å². The number of ether oxygens (including phenoxy) is 1. The molecule has 24 heavy (non-hydrogen) atoms. The van der Waals surface area contributed by atoms with E-state index in [0.717, 1.165) is 0 Å². The van der Waals surface area contributed by atoms with E-state index in [-0.39, 0.29) is 11.7 Å². The SMILES string of the molecule is COc1ccc(NC(=O)c2ccccc2C(=O)c2cccs2)cn1. The Kier molecular flexibility index (Phi) is 4.67. The number of nitrogens with one attached hydrogen (secondary N) is 1. The summed E-state index contributed by atoms with van der Waals surface area (Å²) < 4.78 is 4.98. The Labute approximate surface area is 142 Å². The van der Waals surface area contributed by atoms with Crippen molar-refractivity contribution in [3.8, 4) is 5.88 Å². The van der Waals surface area contributed by atoms with Crippen molar-refractivity contribution in [3.63, 3.8) is 0 Å². The van der Waals surface area contributed by atoms with Gasteiger partial charge in [-0.2, -0.15) is 0 Å². The molecule has 0 fully saturated rings. The minimum absolute atomic E-state index is 0.163. The highest BCUT2D eigenvalue weighted by Gasteiger charge is 2.18. The topological polar surface area (TPSA) is 68.3 Å². The summed E-state index contributed by atoms with van der Waals surface area (Å²) in [4.78, 5) is 29.8. The predicted octanol–water partition coefficient (Wildman–Crippen LogP) is 3.64. The average Bonchev–Trinajstić information content (AvgIpc) is 3.16. The van der Waals surface area contributed by atoms with Gasteiger partial charge in [0.2, 0.25) is 11.7 Å². The monoisotopic (exact) mass is 338 g/mol. The number of anilines is 1. The fourth-order valence-electron chi connectivity index (χ4n) is 2.19. The molecule has 1 amide bonds. The minimum atomic E-state index is -0.359. The molecule has 0 spiro atoms. The van der Waals surface area contributed by atoms with Gasteiger partial charge in [-0.05, 0) is 23.6 Å². The molecule has 0 aliphatic heterocycles. The summed E-state index contributed by atoms with van der Waals surface area (Å²) in [5.74, 6) is -0.0626. The number of carbonyl (C=O) groups is 2. The fourth-order valence-corrected chi connectivity index (χ4v) is 2.87. The first-order chi connectivity index (χ1) is 11.7. The number of hydrogen-bond donors (Lipinski definition) is 1. The highest BCUT2D eigenvalue weighted by molar-refractivity contribution is 7.12. The van der Waals surface area contributed by atoms with Crippen molar-refractivity contribution in [2.45, 2.75) is 0 Å². The smallest absolute Gasteiger partial charge is 0.256 e. The van der Waals surface area contributed by atoms with E-state index in [0.29, 0.717) is 27.6 Å². The molecular weight excluding hydrogens is 324 g/mol. The van der Waals surface area contributed by atoms with Gasteiger partial charge < -0.3 is 10.1 Å². The van der Waals surface area contributed by atoms with Gasteiger partial charge >= 0.3 is 0 Å². The van der Waals surface area contributed by atoms with Crippen LogP contribution >= 0.6 is 11.3 Å². The maximum atomic E-state index is 12.6.